The molecule has 3 heterocycles. The first-order valence-corrected chi connectivity index (χ1v) is 13.6. The van der Waals surface area contributed by atoms with Crippen molar-refractivity contribution >= 4 is 54.6 Å². The molecule has 0 aliphatic carbocycles. The van der Waals surface area contributed by atoms with Crippen LogP contribution >= 0.6 is 11.3 Å². The molecule has 0 atom stereocenters. The second-order valence-electron chi connectivity index (χ2n) is 9.05. The Bertz CT molecular complexity index is 1140. The number of aldehydes is 1. The number of carbonyl (C=O) groups is 1. The minimum Gasteiger partial charge on any atom is -0.378 e. The Labute approximate surface area is 229 Å². The lowest BCUT2D eigenvalue weighted by Crippen LogP contribution is -2.37. The molecule has 0 radical (unpaired) electrons. The highest BCUT2D eigenvalue weighted by molar-refractivity contribution is 7.15. The number of unbranched alkanes of at least 4 members (excludes halogenated alkanes) is 1. The molecule has 0 spiro atoms. The Hall–Kier alpha value is -3.28. The maximum atomic E-state index is 11.0. The molecule has 1 aliphatic rings. The summed E-state index contributed by atoms with van der Waals surface area (Å²) in [6.45, 7) is 14.1. The highest BCUT2D eigenvalue weighted by Gasteiger charge is 2.24. The van der Waals surface area contributed by atoms with E-state index in [2.05, 4.69) is 62.2 Å². The second-order valence-corrected chi connectivity index (χ2v) is 10.2. The predicted octanol–water partition coefficient (Wildman–Crippen LogP) is 3.90. The molecule has 11 heteroatoms. The molecule has 0 bridgehead atoms. The van der Waals surface area contributed by atoms with Crippen molar-refractivity contribution in [1.29, 1.82) is 0 Å². The van der Waals surface area contributed by atoms with Gasteiger partial charge in [0.15, 0.2) is 23.7 Å². The number of likely N-dealkylation sites (N-methyl/N-ethyl adjacent to an activating group) is 2. The van der Waals surface area contributed by atoms with Crippen molar-refractivity contribution in [3.63, 3.8) is 0 Å². The Morgan fingerprint density at radius 1 is 1.21 bits per heavy atom. The van der Waals surface area contributed by atoms with Gasteiger partial charge in [0.05, 0.1) is 30.3 Å². The van der Waals surface area contributed by atoms with Gasteiger partial charge in [-0.2, -0.15) is 0 Å². The molecular weight excluding hydrogens is 500 g/mol. The minimum atomic E-state index is 0.378. The van der Waals surface area contributed by atoms with Gasteiger partial charge in [-0.3, -0.25) is 24.7 Å². The van der Waals surface area contributed by atoms with Crippen LogP contribution in [0.15, 0.2) is 38.9 Å². The number of nitrogens with zero attached hydrogens (tertiary/aromatic N) is 8. The summed E-state index contributed by atoms with van der Waals surface area (Å²) in [5, 5.41) is 0. The molecule has 204 valence electrons. The lowest BCUT2D eigenvalue weighted by Gasteiger charge is -2.31. The Morgan fingerprint density at radius 2 is 2.00 bits per heavy atom. The lowest BCUT2D eigenvalue weighted by atomic mass is 10.2. The number of ether oxygens (including phenoxy) is 1. The third kappa shape index (κ3) is 8.11. The molecule has 38 heavy (non-hydrogen) atoms. The van der Waals surface area contributed by atoms with Crippen molar-refractivity contribution in [2.45, 2.75) is 26.2 Å². The molecule has 1 aliphatic heterocycles. The zero-order chi connectivity index (χ0) is 27.3. The van der Waals surface area contributed by atoms with Gasteiger partial charge in [-0.1, -0.05) is 13.3 Å². The van der Waals surface area contributed by atoms with Crippen molar-refractivity contribution in [1.82, 2.24) is 14.9 Å². The number of aryl methyl sites for hydroxylation is 1. The number of hydrogen-bond donors (Lipinski definition) is 0. The van der Waals surface area contributed by atoms with Crippen LogP contribution in [-0.4, -0.2) is 101 Å². The van der Waals surface area contributed by atoms with E-state index in [0.717, 1.165) is 42.6 Å². The molecular formula is C27H38N8O2S. The van der Waals surface area contributed by atoms with E-state index in [9.17, 15) is 4.79 Å². The molecule has 1 saturated heterocycles. The van der Waals surface area contributed by atoms with Gasteiger partial charge < -0.3 is 14.5 Å². The van der Waals surface area contributed by atoms with Gasteiger partial charge in [0.2, 0.25) is 0 Å². The Kier molecular flexibility index (Phi) is 11.7. The molecule has 0 N–H and O–H groups in total. The predicted molar refractivity (Wildman–Crippen MR) is 159 cm³/mol. The van der Waals surface area contributed by atoms with Gasteiger partial charge in [-0.15, -0.1) is 11.3 Å². The highest BCUT2D eigenvalue weighted by Crippen LogP contribution is 2.38. The molecule has 0 amide bonds. The van der Waals surface area contributed by atoms with Crippen LogP contribution in [0.2, 0.25) is 0 Å². The van der Waals surface area contributed by atoms with Crippen LogP contribution in [0.1, 0.15) is 24.6 Å². The van der Waals surface area contributed by atoms with Crippen molar-refractivity contribution in [2.24, 2.45) is 15.0 Å². The van der Waals surface area contributed by atoms with Gasteiger partial charge in [0, 0.05) is 50.5 Å². The molecule has 1 fully saturated rings. The van der Waals surface area contributed by atoms with Crippen LogP contribution in [-0.2, 0) is 16.0 Å². The topological polar surface area (TPSA) is 98.9 Å². The number of hydrogen-bond acceptors (Lipinski definition) is 11. The summed E-state index contributed by atoms with van der Waals surface area (Å²) in [6.07, 6.45) is 6.99. The molecule has 0 aromatic carbocycles. The maximum absolute atomic E-state index is 11.0. The number of anilines is 2. The largest absolute Gasteiger partial charge is 0.378 e. The van der Waals surface area contributed by atoms with Crippen LogP contribution in [0, 0.1) is 0 Å². The van der Waals surface area contributed by atoms with Gasteiger partial charge in [0.1, 0.15) is 5.69 Å². The SMILES string of the molecule is C=N/C=C(C=O)\C=N/CN(C)CCN(C)c1nc(-c2ccc(CCCC)s2)nc(N2CCOCC2)c1N=C. The normalized spacial score (nSPS) is 14.3. The van der Waals surface area contributed by atoms with E-state index in [-0.39, 0.29) is 0 Å². The number of aliphatic imine (C=N–C) groups is 3. The van der Waals surface area contributed by atoms with E-state index in [1.165, 1.54) is 30.1 Å². The van der Waals surface area contributed by atoms with Gasteiger partial charge in [0.25, 0.3) is 0 Å². The fourth-order valence-corrected chi connectivity index (χ4v) is 4.89. The van der Waals surface area contributed by atoms with Gasteiger partial charge in [-0.25, -0.2) is 9.97 Å². The fraction of sp³-hybridized carbons (Fsp3) is 0.481. The summed E-state index contributed by atoms with van der Waals surface area (Å²) >= 11 is 1.75. The monoisotopic (exact) mass is 538 g/mol. The van der Waals surface area contributed by atoms with E-state index in [1.54, 1.807) is 11.3 Å². The number of allylic oxidation sites excluding steroid dienone is 1. The van der Waals surface area contributed by atoms with Crippen molar-refractivity contribution in [3.8, 4) is 10.7 Å². The fourth-order valence-electron chi connectivity index (χ4n) is 3.91. The van der Waals surface area contributed by atoms with Crippen LogP contribution in [0.5, 0.6) is 0 Å². The summed E-state index contributed by atoms with van der Waals surface area (Å²) in [7, 11) is 3.98. The van der Waals surface area contributed by atoms with E-state index in [4.69, 9.17) is 14.7 Å². The number of aromatic nitrogens is 2. The summed E-state index contributed by atoms with van der Waals surface area (Å²) in [6, 6.07) is 4.30. The first kappa shape index (κ1) is 29.3. The molecule has 3 rings (SSSR count). The van der Waals surface area contributed by atoms with E-state index < -0.39 is 0 Å². The maximum Gasteiger partial charge on any atom is 0.173 e. The summed E-state index contributed by atoms with van der Waals surface area (Å²) in [4.78, 5) is 42.0. The Balaban J connectivity index is 1.83. The minimum absolute atomic E-state index is 0.378. The van der Waals surface area contributed by atoms with Gasteiger partial charge in [-0.05, 0) is 45.5 Å². The van der Waals surface area contributed by atoms with Crippen LogP contribution in [0.4, 0.5) is 17.3 Å². The zero-order valence-electron chi connectivity index (χ0n) is 22.7. The van der Waals surface area contributed by atoms with Crippen molar-refractivity contribution in [3.05, 3.63) is 28.8 Å². The molecule has 2 aromatic rings. The van der Waals surface area contributed by atoms with E-state index >= 15 is 0 Å². The molecule has 2 aromatic heterocycles. The summed E-state index contributed by atoms with van der Waals surface area (Å²) in [5.74, 6) is 2.24. The first-order chi connectivity index (χ1) is 18.5. The average Bonchev–Trinajstić information content (AvgIpc) is 3.43. The zero-order valence-corrected chi connectivity index (χ0v) is 23.5. The number of carbonyl (C=O) groups excluding carboxylic acids is 1. The number of rotatable bonds is 15. The van der Waals surface area contributed by atoms with Crippen LogP contribution in [0.3, 0.4) is 0 Å². The number of thiophene rings is 1. The van der Waals surface area contributed by atoms with Gasteiger partial charge >= 0.3 is 0 Å². The lowest BCUT2D eigenvalue weighted by molar-refractivity contribution is -0.104. The average molecular weight is 539 g/mol. The van der Waals surface area contributed by atoms with Crippen LogP contribution < -0.4 is 9.80 Å². The molecule has 0 unspecified atom stereocenters. The number of morpholine rings is 1. The standard InChI is InChI=1S/C27H38N8O2S/c1-6-7-8-22-9-10-23(38-22)25-31-26(24(29-3)27(32-25)35-13-15-37-16-14-35)34(5)12-11-33(4)20-30-18-21(19-36)17-28-2/h9-10,17-19H,2-3,6-8,11-16,20H2,1,4-5H3/b21-17+,30-18-. The van der Waals surface area contributed by atoms with E-state index in [0.29, 0.717) is 49.8 Å². The van der Waals surface area contributed by atoms with Crippen molar-refractivity contribution < 1.29 is 9.53 Å². The highest BCUT2D eigenvalue weighted by atomic mass is 32.1. The first-order valence-electron chi connectivity index (χ1n) is 12.8. The smallest absolute Gasteiger partial charge is 0.173 e. The third-order valence-electron chi connectivity index (χ3n) is 6.09. The summed E-state index contributed by atoms with van der Waals surface area (Å²) in [5.41, 5.74) is 1.06. The third-order valence-corrected chi connectivity index (χ3v) is 7.23. The van der Waals surface area contributed by atoms with E-state index in [1.807, 2.05) is 14.1 Å². The van der Waals surface area contributed by atoms with Crippen LogP contribution in [0.25, 0.3) is 10.7 Å². The summed E-state index contributed by atoms with van der Waals surface area (Å²) < 4.78 is 5.57. The molecule has 10 nitrogen and oxygen atoms in total. The second kappa shape index (κ2) is 15.2. The Morgan fingerprint density at radius 3 is 2.68 bits per heavy atom. The molecule has 0 saturated carbocycles. The van der Waals surface area contributed by atoms with Crippen molar-refractivity contribution in [2.75, 3.05) is 70.0 Å². The quantitative estimate of drug-likeness (QED) is 0.193.